The van der Waals surface area contributed by atoms with E-state index in [4.69, 9.17) is 0 Å². The molecular formula is C17H25O. The second kappa shape index (κ2) is 9.87. The van der Waals surface area contributed by atoms with Gasteiger partial charge < -0.3 is 4.79 Å². The second-order valence-electron chi connectivity index (χ2n) is 4.98. The van der Waals surface area contributed by atoms with Gasteiger partial charge in [0.05, 0.1) is 0 Å². The average molecular weight is 245 g/mol. The number of unbranched alkanes of at least 4 members (excludes halogenated alkanes) is 3. The van der Waals surface area contributed by atoms with E-state index in [1.807, 2.05) is 6.07 Å². The van der Waals surface area contributed by atoms with Gasteiger partial charge in [-0.2, -0.15) is 0 Å². The largest absolute Gasteiger partial charge is 0.303 e. The summed E-state index contributed by atoms with van der Waals surface area (Å²) >= 11 is 0. The van der Waals surface area contributed by atoms with Gasteiger partial charge in [-0.25, -0.2) is 0 Å². The first kappa shape index (κ1) is 14.9. The van der Waals surface area contributed by atoms with E-state index >= 15 is 0 Å². The first-order chi connectivity index (χ1) is 8.86. The number of aldehydes is 1. The maximum atomic E-state index is 11.0. The topological polar surface area (TPSA) is 17.1 Å². The predicted molar refractivity (Wildman–Crippen MR) is 77.4 cm³/mol. The van der Waals surface area contributed by atoms with Gasteiger partial charge in [-0.3, -0.25) is 0 Å². The zero-order valence-electron chi connectivity index (χ0n) is 11.3. The highest BCUT2D eigenvalue weighted by atomic mass is 16.1. The van der Waals surface area contributed by atoms with Crippen molar-refractivity contribution in [3.8, 4) is 0 Å². The first-order valence-electron chi connectivity index (χ1n) is 7.15. The molecule has 1 nitrogen and oxygen atoms in total. The highest BCUT2D eigenvalue weighted by Gasteiger charge is 2.06. The quantitative estimate of drug-likeness (QED) is 0.434. The van der Waals surface area contributed by atoms with Crippen LogP contribution < -0.4 is 0 Å². The Bertz CT molecular complexity index is 305. The van der Waals surface area contributed by atoms with Crippen molar-refractivity contribution >= 4 is 6.29 Å². The summed E-state index contributed by atoms with van der Waals surface area (Å²) in [5, 5.41) is 0. The van der Waals surface area contributed by atoms with Gasteiger partial charge in [-0.05, 0) is 31.2 Å². The molecule has 0 saturated carbocycles. The first-order valence-corrected chi connectivity index (χ1v) is 7.15. The Morgan fingerprint density at radius 3 is 2.39 bits per heavy atom. The third-order valence-electron chi connectivity index (χ3n) is 3.40. The van der Waals surface area contributed by atoms with E-state index in [1.54, 1.807) is 0 Å². The lowest BCUT2D eigenvalue weighted by Gasteiger charge is -2.09. The van der Waals surface area contributed by atoms with Crippen molar-refractivity contribution in [2.75, 3.05) is 0 Å². The minimum atomic E-state index is 0.263. The molecule has 18 heavy (non-hydrogen) atoms. The van der Waals surface area contributed by atoms with E-state index in [0.29, 0.717) is 0 Å². The fourth-order valence-corrected chi connectivity index (χ4v) is 2.25. The molecule has 1 rings (SSSR count). The van der Waals surface area contributed by atoms with Crippen LogP contribution in [-0.4, -0.2) is 6.29 Å². The van der Waals surface area contributed by atoms with Gasteiger partial charge in [-0.1, -0.05) is 62.9 Å². The Hall–Kier alpha value is -1.11. The summed E-state index contributed by atoms with van der Waals surface area (Å²) in [7, 11) is 0. The van der Waals surface area contributed by atoms with Crippen LogP contribution in [0.5, 0.6) is 0 Å². The average Bonchev–Trinajstić information content (AvgIpc) is 2.42. The minimum absolute atomic E-state index is 0.263. The van der Waals surface area contributed by atoms with Crippen LogP contribution in [-0.2, 0) is 11.2 Å². The van der Waals surface area contributed by atoms with Crippen molar-refractivity contribution < 1.29 is 4.79 Å². The van der Waals surface area contributed by atoms with Crippen LogP contribution in [0.15, 0.2) is 30.3 Å². The molecule has 0 aliphatic rings. The molecule has 99 valence electrons. The third-order valence-corrected chi connectivity index (χ3v) is 3.40. The Morgan fingerprint density at radius 2 is 1.72 bits per heavy atom. The monoisotopic (exact) mass is 245 g/mol. The smallest absolute Gasteiger partial charge is 0.123 e. The zero-order valence-corrected chi connectivity index (χ0v) is 11.3. The summed E-state index contributed by atoms with van der Waals surface area (Å²) < 4.78 is 0. The summed E-state index contributed by atoms with van der Waals surface area (Å²) in [6, 6.07) is 10.5. The van der Waals surface area contributed by atoms with Crippen LogP contribution >= 0.6 is 0 Å². The molecule has 0 N–H and O–H groups in total. The maximum absolute atomic E-state index is 11.0. The lowest BCUT2D eigenvalue weighted by molar-refractivity contribution is -0.111. The molecule has 0 saturated heterocycles. The Kier molecular flexibility index (Phi) is 8.20. The molecule has 0 aromatic heterocycles. The van der Waals surface area contributed by atoms with Crippen LogP contribution in [0.3, 0.4) is 0 Å². The van der Waals surface area contributed by atoms with E-state index in [1.165, 1.54) is 24.8 Å². The van der Waals surface area contributed by atoms with Crippen molar-refractivity contribution in [3.63, 3.8) is 0 Å². The predicted octanol–water partition coefficient (Wildman–Crippen LogP) is 4.61. The minimum Gasteiger partial charge on any atom is -0.303 e. The van der Waals surface area contributed by atoms with Crippen molar-refractivity contribution in [2.45, 2.75) is 51.4 Å². The van der Waals surface area contributed by atoms with Gasteiger partial charge >= 0.3 is 0 Å². The van der Waals surface area contributed by atoms with E-state index in [0.717, 1.165) is 38.4 Å². The lowest BCUT2D eigenvalue weighted by Crippen LogP contribution is -2.03. The highest BCUT2D eigenvalue weighted by Crippen LogP contribution is 2.16. The fourth-order valence-electron chi connectivity index (χ4n) is 2.25. The van der Waals surface area contributed by atoms with Crippen molar-refractivity contribution in [1.29, 1.82) is 0 Å². The second-order valence-corrected chi connectivity index (χ2v) is 4.98. The Balaban J connectivity index is 2.13. The number of benzene rings is 1. The Labute approximate surface area is 112 Å². The molecule has 0 spiro atoms. The standard InChI is InChI=1S/C17H25O/c1-2-3-4-6-12-17(15-18)14-9-13-16-10-7-5-8-11-16/h5,7-8,10-11,15,17H,1-4,6,9,12-14H2. The molecule has 1 heteroatoms. The van der Waals surface area contributed by atoms with E-state index in [9.17, 15) is 4.79 Å². The van der Waals surface area contributed by atoms with Gasteiger partial charge in [0, 0.05) is 5.92 Å². The van der Waals surface area contributed by atoms with Crippen molar-refractivity contribution in [1.82, 2.24) is 0 Å². The molecule has 0 heterocycles. The number of carbonyl (C=O) groups is 1. The van der Waals surface area contributed by atoms with Crippen molar-refractivity contribution in [2.24, 2.45) is 5.92 Å². The summed E-state index contributed by atoms with van der Waals surface area (Å²) in [4.78, 5) is 11.0. The zero-order chi connectivity index (χ0) is 13.1. The molecule has 0 aliphatic carbocycles. The molecule has 1 atom stereocenters. The van der Waals surface area contributed by atoms with Crippen LogP contribution in [0.2, 0.25) is 0 Å². The number of aryl methyl sites for hydroxylation is 1. The highest BCUT2D eigenvalue weighted by molar-refractivity contribution is 5.53. The summed E-state index contributed by atoms with van der Waals surface area (Å²) in [6.45, 7) is 3.84. The molecular weight excluding hydrogens is 220 g/mol. The number of hydrogen-bond donors (Lipinski definition) is 0. The molecule has 0 bridgehead atoms. The molecule has 1 aromatic rings. The fraction of sp³-hybridized carbons (Fsp3) is 0.529. The van der Waals surface area contributed by atoms with Crippen LogP contribution in [0, 0.1) is 12.8 Å². The number of hydrogen-bond acceptors (Lipinski definition) is 1. The van der Waals surface area contributed by atoms with Crippen LogP contribution in [0.4, 0.5) is 0 Å². The van der Waals surface area contributed by atoms with Gasteiger partial charge in [0.2, 0.25) is 0 Å². The van der Waals surface area contributed by atoms with Crippen LogP contribution in [0.1, 0.15) is 50.5 Å². The molecule has 0 amide bonds. The normalized spacial score (nSPS) is 12.3. The SMILES string of the molecule is [CH2]CCCCCC(C=O)CCCc1ccccc1. The maximum Gasteiger partial charge on any atom is 0.123 e. The molecule has 0 fully saturated rings. The van der Waals surface area contributed by atoms with E-state index < -0.39 is 0 Å². The lowest BCUT2D eigenvalue weighted by atomic mass is 9.95. The van der Waals surface area contributed by atoms with Gasteiger partial charge in [0.15, 0.2) is 0 Å². The van der Waals surface area contributed by atoms with Gasteiger partial charge in [0.25, 0.3) is 0 Å². The van der Waals surface area contributed by atoms with Crippen LogP contribution in [0.25, 0.3) is 0 Å². The summed E-state index contributed by atoms with van der Waals surface area (Å²) in [6.07, 6.45) is 10.0. The molecule has 1 unspecified atom stereocenters. The number of carbonyl (C=O) groups excluding carboxylic acids is 1. The van der Waals surface area contributed by atoms with E-state index in [-0.39, 0.29) is 5.92 Å². The van der Waals surface area contributed by atoms with E-state index in [2.05, 4.69) is 31.2 Å². The molecule has 1 radical (unpaired) electrons. The number of rotatable bonds is 10. The molecule has 1 aromatic carbocycles. The summed E-state index contributed by atoms with van der Waals surface area (Å²) in [5.41, 5.74) is 1.37. The van der Waals surface area contributed by atoms with Gasteiger partial charge in [0.1, 0.15) is 6.29 Å². The van der Waals surface area contributed by atoms with Crippen molar-refractivity contribution in [3.05, 3.63) is 42.8 Å². The van der Waals surface area contributed by atoms with Gasteiger partial charge in [-0.15, -0.1) is 0 Å². The summed E-state index contributed by atoms with van der Waals surface area (Å²) in [5.74, 6) is 0.263. The third kappa shape index (κ3) is 6.58. The Morgan fingerprint density at radius 1 is 1.00 bits per heavy atom. The molecule has 0 aliphatic heterocycles.